The van der Waals surface area contributed by atoms with Gasteiger partial charge in [0.1, 0.15) is 5.82 Å². The van der Waals surface area contributed by atoms with E-state index in [9.17, 15) is 4.39 Å². The van der Waals surface area contributed by atoms with E-state index >= 15 is 0 Å². The first kappa shape index (κ1) is 19.2. The fraction of sp³-hybridized carbons (Fsp3) is 0.440. The topological polar surface area (TPSA) is 64.7 Å². The molecule has 3 fully saturated rings. The van der Waals surface area contributed by atoms with Gasteiger partial charge in [-0.2, -0.15) is 10.2 Å². The predicted octanol–water partition coefficient (Wildman–Crippen LogP) is 4.47. The molecule has 1 aromatic carbocycles. The Morgan fingerprint density at radius 3 is 2.58 bits per heavy atom. The lowest BCUT2D eigenvalue weighted by atomic mass is 10.0. The molecule has 3 aliphatic rings. The summed E-state index contributed by atoms with van der Waals surface area (Å²) in [5.74, 6) is 1.28. The van der Waals surface area contributed by atoms with Crippen molar-refractivity contribution < 1.29 is 4.39 Å². The highest BCUT2D eigenvalue weighted by molar-refractivity contribution is 5.83. The molecule has 1 unspecified atom stereocenters. The molecule has 2 aliphatic carbocycles. The lowest BCUT2D eigenvalue weighted by Crippen LogP contribution is -2.35. The van der Waals surface area contributed by atoms with Crippen molar-refractivity contribution in [2.45, 2.75) is 44.1 Å². The van der Waals surface area contributed by atoms with Crippen molar-refractivity contribution >= 4 is 16.7 Å². The number of hydrogen-bond donors (Lipinski definition) is 0. The van der Waals surface area contributed by atoms with Crippen LogP contribution in [0.5, 0.6) is 0 Å². The van der Waals surface area contributed by atoms with Crippen molar-refractivity contribution in [1.29, 1.82) is 0 Å². The fourth-order valence-corrected chi connectivity index (χ4v) is 5.66. The number of anilines is 1. The van der Waals surface area contributed by atoms with Gasteiger partial charge in [-0.15, -0.1) is 10.2 Å². The molecule has 7 nitrogen and oxygen atoms in total. The number of aryl methyl sites for hydroxylation is 1. The van der Waals surface area contributed by atoms with Gasteiger partial charge in [0, 0.05) is 43.2 Å². The van der Waals surface area contributed by atoms with E-state index in [-0.39, 0.29) is 11.9 Å². The normalized spacial score (nSPS) is 21.8. The average molecular weight is 444 g/mol. The number of nitrogens with zero attached hydrogens (tertiary/aromatic N) is 7. The van der Waals surface area contributed by atoms with Crippen LogP contribution in [0, 0.1) is 11.2 Å². The first-order valence-corrected chi connectivity index (χ1v) is 11.9. The Bertz CT molecular complexity index is 1340. The molecule has 168 valence electrons. The van der Waals surface area contributed by atoms with Gasteiger partial charge in [-0.1, -0.05) is 0 Å². The minimum Gasteiger partial charge on any atom is -0.355 e. The molecular formula is C25H26FN7. The van der Waals surface area contributed by atoms with Crippen molar-refractivity contribution in [3.63, 3.8) is 0 Å². The number of rotatable bonds is 4. The van der Waals surface area contributed by atoms with Crippen LogP contribution in [0.4, 0.5) is 10.2 Å². The fourth-order valence-electron chi connectivity index (χ4n) is 5.66. The number of hydrogen-bond acceptors (Lipinski definition) is 5. The summed E-state index contributed by atoms with van der Waals surface area (Å²) in [6.07, 6.45) is 9.55. The van der Waals surface area contributed by atoms with Gasteiger partial charge in [-0.3, -0.25) is 9.36 Å². The molecule has 0 N–H and O–H groups in total. The Kier molecular flexibility index (Phi) is 3.99. The van der Waals surface area contributed by atoms with Crippen LogP contribution in [0.2, 0.25) is 0 Å². The summed E-state index contributed by atoms with van der Waals surface area (Å²) in [7, 11) is 1.89. The maximum absolute atomic E-state index is 14.1. The summed E-state index contributed by atoms with van der Waals surface area (Å²) in [6.45, 7) is 1.76. The van der Waals surface area contributed by atoms with Gasteiger partial charge in [0.15, 0.2) is 5.82 Å². The average Bonchev–Trinajstić information content (AvgIpc) is 3.68. The highest BCUT2D eigenvalue weighted by atomic mass is 19.1. The van der Waals surface area contributed by atoms with E-state index in [2.05, 4.69) is 24.9 Å². The van der Waals surface area contributed by atoms with Gasteiger partial charge in [0.05, 0.1) is 29.1 Å². The van der Waals surface area contributed by atoms with Gasteiger partial charge in [-0.25, -0.2) is 4.39 Å². The van der Waals surface area contributed by atoms with Crippen LogP contribution in [0.3, 0.4) is 0 Å². The number of halogens is 1. The van der Waals surface area contributed by atoms with E-state index in [0.29, 0.717) is 11.3 Å². The van der Waals surface area contributed by atoms with Gasteiger partial charge in [-0.05, 0) is 67.9 Å². The zero-order chi connectivity index (χ0) is 22.2. The molecular weight excluding hydrogens is 417 g/mol. The van der Waals surface area contributed by atoms with E-state index in [1.165, 1.54) is 25.0 Å². The van der Waals surface area contributed by atoms with Gasteiger partial charge < -0.3 is 4.90 Å². The van der Waals surface area contributed by atoms with Crippen LogP contribution in [0.1, 0.15) is 49.8 Å². The largest absolute Gasteiger partial charge is 0.355 e. The SMILES string of the molecule is Cn1cc(-c2ccc(N3CCC(n4nc(C5CC56CC6)c5ccc(F)cc54)CC3)nn2)cn1. The summed E-state index contributed by atoms with van der Waals surface area (Å²) < 4.78 is 18.0. The predicted molar refractivity (Wildman–Crippen MR) is 123 cm³/mol. The molecule has 3 aromatic heterocycles. The second-order valence-corrected chi connectivity index (χ2v) is 10.0. The third-order valence-corrected chi connectivity index (χ3v) is 7.90. The standard InChI is InChI=1S/C25H26FN7/c1-31-15-16(14-27-31)21-4-5-23(29-28-21)32-10-6-18(7-11-32)33-22-12-17(26)2-3-19(22)24(30-33)20-13-25(20)8-9-25/h2-5,12,14-15,18,20H,6-11,13H2,1H3. The van der Waals surface area contributed by atoms with E-state index in [0.717, 1.165) is 53.9 Å². The smallest absolute Gasteiger partial charge is 0.151 e. The Balaban J connectivity index is 1.11. The zero-order valence-electron chi connectivity index (χ0n) is 18.7. The van der Waals surface area contributed by atoms with E-state index in [4.69, 9.17) is 5.10 Å². The van der Waals surface area contributed by atoms with Crippen LogP contribution in [-0.2, 0) is 7.05 Å². The minimum absolute atomic E-state index is 0.187. The third kappa shape index (κ3) is 3.14. The first-order valence-electron chi connectivity index (χ1n) is 11.9. The second-order valence-electron chi connectivity index (χ2n) is 10.0. The van der Waals surface area contributed by atoms with Gasteiger partial charge in [0.2, 0.25) is 0 Å². The van der Waals surface area contributed by atoms with Crippen LogP contribution in [0.15, 0.2) is 42.7 Å². The number of fused-ring (bicyclic) bond motifs is 1. The maximum Gasteiger partial charge on any atom is 0.151 e. The van der Waals surface area contributed by atoms with Crippen molar-refractivity contribution in [3.8, 4) is 11.3 Å². The molecule has 4 aromatic rings. The lowest BCUT2D eigenvalue weighted by Gasteiger charge is -2.32. The van der Waals surface area contributed by atoms with Crippen LogP contribution >= 0.6 is 0 Å². The molecule has 4 heterocycles. The molecule has 1 saturated heterocycles. The van der Waals surface area contributed by atoms with Crippen LogP contribution in [-0.4, -0.2) is 42.8 Å². The van der Waals surface area contributed by atoms with Gasteiger partial charge >= 0.3 is 0 Å². The third-order valence-electron chi connectivity index (χ3n) is 7.90. The lowest BCUT2D eigenvalue weighted by molar-refractivity contribution is 0.372. The molecule has 1 atom stereocenters. The monoisotopic (exact) mass is 443 g/mol. The molecule has 8 heteroatoms. The molecule has 0 bridgehead atoms. The summed E-state index contributed by atoms with van der Waals surface area (Å²) in [5.41, 5.74) is 4.47. The Morgan fingerprint density at radius 2 is 1.91 bits per heavy atom. The molecule has 0 radical (unpaired) electrons. The highest BCUT2D eigenvalue weighted by Gasteiger charge is 2.64. The second kappa shape index (κ2) is 6.85. The number of piperidine rings is 1. The Labute approximate surface area is 191 Å². The molecule has 0 amide bonds. The molecule has 2 saturated carbocycles. The van der Waals surface area contributed by atoms with E-state index in [1.54, 1.807) is 23.0 Å². The number of benzene rings is 1. The summed E-state index contributed by atoms with van der Waals surface area (Å²) in [6, 6.07) is 9.50. The summed E-state index contributed by atoms with van der Waals surface area (Å²) in [5, 5.41) is 19.3. The van der Waals surface area contributed by atoms with Crippen molar-refractivity contribution in [2.75, 3.05) is 18.0 Å². The van der Waals surface area contributed by atoms with E-state index in [1.807, 2.05) is 31.4 Å². The maximum atomic E-state index is 14.1. The molecule has 33 heavy (non-hydrogen) atoms. The molecule has 7 rings (SSSR count). The van der Waals surface area contributed by atoms with Gasteiger partial charge in [0.25, 0.3) is 0 Å². The highest BCUT2D eigenvalue weighted by Crippen LogP contribution is 2.75. The van der Waals surface area contributed by atoms with Crippen molar-refractivity contribution in [3.05, 3.63) is 54.2 Å². The van der Waals surface area contributed by atoms with Crippen molar-refractivity contribution in [2.24, 2.45) is 12.5 Å². The first-order chi connectivity index (χ1) is 16.1. The summed E-state index contributed by atoms with van der Waals surface area (Å²) in [4.78, 5) is 2.28. The quantitative estimate of drug-likeness (QED) is 0.466. The van der Waals surface area contributed by atoms with Crippen LogP contribution in [0.25, 0.3) is 22.2 Å². The summed E-state index contributed by atoms with van der Waals surface area (Å²) >= 11 is 0. The van der Waals surface area contributed by atoms with Crippen LogP contribution < -0.4 is 4.90 Å². The van der Waals surface area contributed by atoms with E-state index < -0.39 is 0 Å². The minimum atomic E-state index is -0.187. The Hall–Kier alpha value is -3.29. The zero-order valence-corrected chi connectivity index (χ0v) is 18.7. The molecule has 1 aliphatic heterocycles. The number of aromatic nitrogens is 6. The Morgan fingerprint density at radius 1 is 1.06 bits per heavy atom. The molecule has 1 spiro atoms. The van der Waals surface area contributed by atoms with Crippen molar-refractivity contribution in [1.82, 2.24) is 29.8 Å².